The van der Waals surface area contributed by atoms with Crippen molar-refractivity contribution >= 4 is 17.3 Å². The summed E-state index contributed by atoms with van der Waals surface area (Å²) in [7, 11) is 0. The van der Waals surface area contributed by atoms with E-state index in [0.29, 0.717) is 43.3 Å². The van der Waals surface area contributed by atoms with Crippen LogP contribution in [0.4, 0.5) is 9.18 Å². The Balaban J connectivity index is 1.25. The van der Waals surface area contributed by atoms with E-state index in [1.165, 1.54) is 35.4 Å². The molecule has 2 unspecified atom stereocenters. The molecule has 6 rings (SSSR count). The highest BCUT2D eigenvalue weighted by Gasteiger charge is 2.47. The fourth-order valence-corrected chi connectivity index (χ4v) is 4.77. The molecule has 2 saturated heterocycles. The van der Waals surface area contributed by atoms with E-state index in [2.05, 4.69) is 15.0 Å². The molecule has 3 fully saturated rings. The van der Waals surface area contributed by atoms with Gasteiger partial charge in [0, 0.05) is 24.9 Å². The number of nitrogens with zero attached hydrogens (tertiary/aromatic N) is 6. The van der Waals surface area contributed by atoms with E-state index in [1.54, 1.807) is 4.90 Å². The van der Waals surface area contributed by atoms with Crippen molar-refractivity contribution in [3.63, 3.8) is 0 Å². The van der Waals surface area contributed by atoms with E-state index < -0.39 is 5.82 Å². The summed E-state index contributed by atoms with van der Waals surface area (Å²) in [4.78, 5) is 27.4. The number of amides is 1. The van der Waals surface area contributed by atoms with Crippen LogP contribution in [-0.2, 0) is 9.47 Å². The van der Waals surface area contributed by atoms with Crippen molar-refractivity contribution in [2.45, 2.75) is 31.5 Å². The van der Waals surface area contributed by atoms with E-state index in [0.717, 1.165) is 12.8 Å². The summed E-state index contributed by atoms with van der Waals surface area (Å²) in [6, 6.07) is 6.14. The Bertz CT molecular complexity index is 1340. The normalized spacial score (nSPS) is 24.6. The molecule has 0 radical (unpaired) electrons. The Morgan fingerprint density at radius 3 is 2.69 bits per heavy atom. The van der Waals surface area contributed by atoms with Gasteiger partial charge >= 0.3 is 6.09 Å². The molecule has 0 N–H and O–H groups in total. The van der Waals surface area contributed by atoms with Crippen LogP contribution in [0.25, 0.3) is 16.9 Å². The lowest BCUT2D eigenvalue weighted by Gasteiger charge is -2.45. The molecule has 3 aromatic rings. The van der Waals surface area contributed by atoms with Crippen molar-refractivity contribution in [3.05, 3.63) is 42.2 Å². The number of rotatable bonds is 4. The van der Waals surface area contributed by atoms with Crippen molar-refractivity contribution in [2.24, 2.45) is 11.8 Å². The Labute approximate surface area is 200 Å². The maximum absolute atomic E-state index is 14.6. The van der Waals surface area contributed by atoms with Gasteiger partial charge in [-0.3, -0.25) is 4.57 Å². The fraction of sp³-hybridized carbons (Fsp3) is 0.458. The number of nitriles is 1. The number of piperidine rings is 1. The lowest BCUT2D eigenvalue weighted by Crippen LogP contribution is -2.59. The van der Waals surface area contributed by atoms with Gasteiger partial charge in [0.25, 0.3) is 0 Å². The summed E-state index contributed by atoms with van der Waals surface area (Å²) in [5.74, 6) is -0.364. The minimum Gasteiger partial charge on any atom is -0.472 e. The molecular formula is C24H23FN6O4. The van der Waals surface area contributed by atoms with Crippen LogP contribution in [0.2, 0.25) is 0 Å². The van der Waals surface area contributed by atoms with Crippen molar-refractivity contribution in [1.82, 2.24) is 24.4 Å². The van der Waals surface area contributed by atoms with E-state index in [-0.39, 0.29) is 40.9 Å². The smallest absolute Gasteiger partial charge is 0.410 e. The number of benzene rings is 1. The fourth-order valence-electron chi connectivity index (χ4n) is 4.77. The average Bonchev–Trinajstić information content (AvgIpc) is 3.40. The van der Waals surface area contributed by atoms with E-state index in [1.807, 2.05) is 13.0 Å². The molecule has 3 aliphatic rings. The second-order valence-corrected chi connectivity index (χ2v) is 9.61. The van der Waals surface area contributed by atoms with Gasteiger partial charge in [-0.15, -0.1) is 0 Å². The molecule has 10 nitrogen and oxygen atoms in total. The second-order valence-electron chi connectivity index (χ2n) is 9.61. The van der Waals surface area contributed by atoms with E-state index in [9.17, 15) is 9.18 Å². The van der Waals surface area contributed by atoms with Gasteiger partial charge in [0.05, 0.1) is 30.5 Å². The van der Waals surface area contributed by atoms with Crippen LogP contribution >= 0.6 is 0 Å². The van der Waals surface area contributed by atoms with Crippen molar-refractivity contribution in [1.29, 1.82) is 5.26 Å². The molecule has 4 heterocycles. The van der Waals surface area contributed by atoms with Gasteiger partial charge in [-0.1, -0.05) is 0 Å². The van der Waals surface area contributed by atoms with Crippen LogP contribution in [-0.4, -0.2) is 68.5 Å². The molecule has 2 aromatic heterocycles. The Hall–Kier alpha value is -3.78. The molecule has 1 amide bonds. The van der Waals surface area contributed by atoms with Crippen molar-refractivity contribution < 1.29 is 23.4 Å². The molecule has 2 atom stereocenters. The molecule has 11 heteroatoms. The molecule has 0 spiro atoms. The Kier molecular flexibility index (Phi) is 5.07. The van der Waals surface area contributed by atoms with Crippen LogP contribution in [0.5, 0.6) is 5.88 Å². The Morgan fingerprint density at radius 2 is 2.00 bits per heavy atom. The van der Waals surface area contributed by atoms with Gasteiger partial charge in [-0.05, 0) is 38.0 Å². The predicted molar refractivity (Wildman–Crippen MR) is 119 cm³/mol. The summed E-state index contributed by atoms with van der Waals surface area (Å²) >= 11 is 0. The molecule has 35 heavy (non-hydrogen) atoms. The lowest BCUT2D eigenvalue weighted by molar-refractivity contribution is -0.111. The van der Waals surface area contributed by atoms with Crippen LogP contribution in [0.15, 0.2) is 30.9 Å². The minimum atomic E-state index is -0.560. The molecule has 1 aromatic carbocycles. The van der Waals surface area contributed by atoms with Crippen LogP contribution in [0, 0.1) is 29.0 Å². The number of halogens is 1. The maximum Gasteiger partial charge on any atom is 0.410 e. The topological polar surface area (TPSA) is 115 Å². The molecule has 1 aliphatic carbocycles. The lowest BCUT2D eigenvalue weighted by atomic mass is 9.84. The number of carbonyl (C=O) groups is 1. The molecule has 2 bridgehead atoms. The van der Waals surface area contributed by atoms with E-state index in [4.69, 9.17) is 19.5 Å². The zero-order valence-corrected chi connectivity index (χ0v) is 19.1. The van der Waals surface area contributed by atoms with Gasteiger partial charge in [0.2, 0.25) is 5.88 Å². The number of aromatic nitrogens is 4. The maximum atomic E-state index is 14.6. The summed E-state index contributed by atoms with van der Waals surface area (Å²) in [5.41, 5.74) is 0.912. The first-order chi connectivity index (χ1) is 16.9. The summed E-state index contributed by atoms with van der Waals surface area (Å²) in [5, 5.41) is 9.00. The zero-order valence-electron chi connectivity index (χ0n) is 19.1. The number of hydrogen-bond donors (Lipinski definition) is 0. The monoisotopic (exact) mass is 478 g/mol. The van der Waals surface area contributed by atoms with Gasteiger partial charge in [-0.25, -0.2) is 19.2 Å². The first-order valence-electron chi connectivity index (χ1n) is 11.5. The molecule has 1 saturated carbocycles. The first-order valence-corrected chi connectivity index (χ1v) is 11.5. The summed E-state index contributed by atoms with van der Waals surface area (Å²) in [6.45, 7) is 3.81. The largest absolute Gasteiger partial charge is 0.472 e. The molecule has 180 valence electrons. The number of imidazole rings is 1. The number of fused-ring (bicyclic) bond motifs is 3. The van der Waals surface area contributed by atoms with Crippen LogP contribution in [0.1, 0.15) is 25.3 Å². The molecule has 2 aliphatic heterocycles. The number of ether oxygens (including phenoxy) is 3. The van der Waals surface area contributed by atoms with Gasteiger partial charge in [-0.2, -0.15) is 10.2 Å². The number of carbonyl (C=O) groups excluding carboxylic acids is 1. The van der Waals surface area contributed by atoms with E-state index >= 15 is 0 Å². The minimum absolute atomic E-state index is 0.0508. The number of hydrogen-bond acceptors (Lipinski definition) is 8. The first kappa shape index (κ1) is 21.7. The quantitative estimate of drug-likeness (QED) is 0.562. The molecular weight excluding hydrogens is 455 g/mol. The standard InChI is InChI=1S/C24H23FN6O4/c1-24(4-5-24)35-23(32)30-8-15-10-33-11-16(9-30)20(15)34-22-19-21(27-12-28-22)31(13-29-19)18-3-2-14(7-26)6-17(18)25/h2-3,6,12-13,15-16,20H,4-5,8-11H2,1H3. The van der Waals surface area contributed by atoms with Crippen LogP contribution in [0.3, 0.4) is 0 Å². The summed E-state index contributed by atoms with van der Waals surface area (Å²) in [6.07, 6.45) is 4.10. The third kappa shape index (κ3) is 3.93. The average molecular weight is 478 g/mol. The highest BCUT2D eigenvalue weighted by molar-refractivity contribution is 5.78. The van der Waals surface area contributed by atoms with Gasteiger partial charge in [0.15, 0.2) is 11.2 Å². The summed E-state index contributed by atoms with van der Waals surface area (Å²) < 4.78 is 33.9. The van der Waals surface area contributed by atoms with Crippen LogP contribution < -0.4 is 4.74 Å². The second kappa shape index (κ2) is 8.16. The zero-order chi connectivity index (χ0) is 24.2. The highest BCUT2D eigenvalue weighted by Crippen LogP contribution is 2.40. The highest BCUT2D eigenvalue weighted by atomic mass is 19.1. The van der Waals surface area contributed by atoms with Crippen molar-refractivity contribution in [3.8, 4) is 17.6 Å². The third-order valence-corrected chi connectivity index (χ3v) is 6.93. The predicted octanol–water partition coefficient (Wildman–Crippen LogP) is 2.84. The SMILES string of the molecule is CC1(OC(=O)N2CC3COCC(C2)C3Oc2ncnc3c2ncn3-c2ccc(C#N)cc2F)CC1. The third-order valence-electron chi connectivity index (χ3n) is 6.93. The van der Waals surface area contributed by atoms with Gasteiger partial charge < -0.3 is 19.1 Å². The van der Waals surface area contributed by atoms with Gasteiger partial charge in [0.1, 0.15) is 30.2 Å². The Morgan fingerprint density at radius 1 is 1.23 bits per heavy atom. The van der Waals surface area contributed by atoms with Crippen molar-refractivity contribution in [2.75, 3.05) is 26.3 Å². The number of likely N-dealkylation sites (tertiary alicyclic amines) is 1.